The maximum absolute atomic E-state index is 12.6. The molecule has 0 aliphatic rings. The van der Waals surface area contributed by atoms with Crippen molar-refractivity contribution in [2.75, 3.05) is 6.54 Å². The van der Waals surface area contributed by atoms with E-state index in [1.807, 2.05) is 0 Å². The summed E-state index contributed by atoms with van der Waals surface area (Å²) >= 11 is 2.70. The first kappa shape index (κ1) is 18.7. The van der Waals surface area contributed by atoms with E-state index < -0.39 is 20.5 Å². The van der Waals surface area contributed by atoms with E-state index in [4.69, 9.17) is 0 Å². The Hall–Kier alpha value is -2.11. The van der Waals surface area contributed by atoms with Gasteiger partial charge in [0, 0.05) is 29.1 Å². The minimum atomic E-state index is -4.04. The number of nitrogens with zero attached hydrogens (tertiary/aromatic N) is 1. The van der Waals surface area contributed by atoms with Gasteiger partial charge in [-0.2, -0.15) is 11.3 Å². The fourth-order valence-electron chi connectivity index (χ4n) is 2.39. The highest BCUT2D eigenvalue weighted by Crippen LogP contribution is 2.34. The van der Waals surface area contributed by atoms with E-state index in [1.54, 1.807) is 34.3 Å². The number of hydrogen-bond donors (Lipinski definition) is 2. The zero-order valence-corrected chi connectivity index (χ0v) is 15.7. The smallest absolute Gasteiger partial charge is 0.270 e. The Morgan fingerprint density at radius 3 is 2.62 bits per heavy atom. The third-order valence-electron chi connectivity index (χ3n) is 3.78. The number of hydrogen-bond acceptors (Lipinski definition) is 7. The van der Waals surface area contributed by atoms with Crippen LogP contribution >= 0.6 is 22.7 Å². The molecule has 0 aliphatic carbocycles. The van der Waals surface area contributed by atoms with Gasteiger partial charge in [0.05, 0.1) is 9.82 Å². The van der Waals surface area contributed by atoms with Crippen LogP contribution in [0.5, 0.6) is 0 Å². The molecular weight excluding hydrogens is 396 g/mol. The average Bonchev–Trinajstić information content (AvgIpc) is 3.33. The SMILES string of the molecule is O=[N+]([O-])c1cccc(S(=O)(=O)NCC(O)(c2ccsc2)c2cccs2)c1. The van der Waals surface area contributed by atoms with Crippen LogP contribution in [0.25, 0.3) is 0 Å². The van der Waals surface area contributed by atoms with Crippen LogP contribution in [0.2, 0.25) is 0 Å². The molecule has 26 heavy (non-hydrogen) atoms. The van der Waals surface area contributed by atoms with Crippen LogP contribution in [0, 0.1) is 10.1 Å². The van der Waals surface area contributed by atoms with E-state index >= 15 is 0 Å². The van der Waals surface area contributed by atoms with E-state index in [0.29, 0.717) is 10.4 Å². The van der Waals surface area contributed by atoms with Crippen molar-refractivity contribution in [2.24, 2.45) is 0 Å². The van der Waals surface area contributed by atoms with Crippen LogP contribution in [-0.4, -0.2) is 25.0 Å². The first-order valence-corrected chi connectivity index (χ1v) is 10.7. The number of nitro groups is 1. The number of benzene rings is 1. The van der Waals surface area contributed by atoms with Crippen molar-refractivity contribution in [3.63, 3.8) is 0 Å². The van der Waals surface area contributed by atoms with Crippen LogP contribution in [0.3, 0.4) is 0 Å². The fourth-order valence-corrected chi connectivity index (χ4v) is 5.06. The molecule has 2 heterocycles. The fraction of sp³-hybridized carbons (Fsp3) is 0.125. The lowest BCUT2D eigenvalue weighted by atomic mass is 9.95. The van der Waals surface area contributed by atoms with Gasteiger partial charge in [-0.1, -0.05) is 12.1 Å². The molecule has 0 amide bonds. The molecule has 0 spiro atoms. The van der Waals surface area contributed by atoms with Gasteiger partial charge in [0.2, 0.25) is 10.0 Å². The van der Waals surface area contributed by atoms with Gasteiger partial charge in [-0.25, -0.2) is 13.1 Å². The normalized spacial score (nSPS) is 14.0. The number of rotatable bonds is 7. The highest BCUT2D eigenvalue weighted by atomic mass is 32.2. The summed E-state index contributed by atoms with van der Waals surface area (Å²) in [6.07, 6.45) is 0. The van der Waals surface area contributed by atoms with Gasteiger partial charge in [-0.05, 0) is 34.3 Å². The van der Waals surface area contributed by atoms with Crippen molar-refractivity contribution >= 4 is 38.4 Å². The van der Waals surface area contributed by atoms with E-state index in [2.05, 4.69) is 4.72 Å². The molecule has 0 aliphatic heterocycles. The topological polar surface area (TPSA) is 110 Å². The summed E-state index contributed by atoms with van der Waals surface area (Å²) < 4.78 is 27.5. The standard InChI is InChI=1S/C16H14N2O5S3/c19-16(12-6-8-24-10-12,15-5-2-7-25-15)11-17-26(22,23)14-4-1-3-13(9-14)18(20)21/h1-10,17,19H,11H2. The third-order valence-corrected chi connectivity index (χ3v) is 6.89. The Kier molecular flexibility index (Phi) is 5.21. The summed E-state index contributed by atoms with van der Waals surface area (Å²) in [4.78, 5) is 10.6. The molecule has 1 aromatic carbocycles. The molecule has 2 aromatic heterocycles. The Bertz CT molecular complexity index is 964. The number of aliphatic hydroxyl groups is 1. The summed E-state index contributed by atoms with van der Waals surface area (Å²) in [5, 5.41) is 27.4. The zero-order chi connectivity index (χ0) is 18.8. The molecule has 1 unspecified atom stereocenters. The van der Waals surface area contributed by atoms with Gasteiger partial charge in [0.1, 0.15) is 5.60 Å². The maximum Gasteiger partial charge on any atom is 0.270 e. The van der Waals surface area contributed by atoms with Crippen molar-refractivity contribution in [3.8, 4) is 0 Å². The van der Waals surface area contributed by atoms with Crippen LogP contribution in [0.15, 0.2) is 63.5 Å². The Labute approximate surface area is 157 Å². The molecule has 0 radical (unpaired) electrons. The molecule has 0 saturated carbocycles. The molecule has 0 fully saturated rings. The summed E-state index contributed by atoms with van der Waals surface area (Å²) in [6, 6.07) is 9.99. The van der Waals surface area contributed by atoms with Crippen molar-refractivity contribution in [1.29, 1.82) is 0 Å². The molecule has 1 atom stereocenters. The number of nitrogens with one attached hydrogen (secondary N) is 1. The quantitative estimate of drug-likeness (QED) is 0.460. The number of non-ortho nitro benzene ring substituents is 1. The van der Waals surface area contributed by atoms with Gasteiger partial charge >= 0.3 is 0 Å². The first-order chi connectivity index (χ1) is 12.3. The van der Waals surface area contributed by atoms with Crippen LogP contribution in [0.1, 0.15) is 10.4 Å². The predicted octanol–water partition coefficient (Wildman–Crippen LogP) is 2.93. The van der Waals surface area contributed by atoms with Gasteiger partial charge in [0.25, 0.3) is 5.69 Å². The second kappa shape index (κ2) is 7.25. The molecule has 0 saturated heterocycles. The van der Waals surface area contributed by atoms with Crippen LogP contribution in [0.4, 0.5) is 5.69 Å². The molecule has 3 aromatic rings. The lowest BCUT2D eigenvalue weighted by molar-refractivity contribution is -0.385. The third kappa shape index (κ3) is 3.69. The van der Waals surface area contributed by atoms with Crippen molar-refractivity contribution in [2.45, 2.75) is 10.5 Å². The monoisotopic (exact) mass is 410 g/mol. The van der Waals surface area contributed by atoms with Crippen molar-refractivity contribution in [3.05, 3.63) is 79.2 Å². The van der Waals surface area contributed by atoms with Crippen molar-refractivity contribution < 1.29 is 18.4 Å². The van der Waals surface area contributed by atoms with Gasteiger partial charge in [-0.15, -0.1) is 11.3 Å². The average molecular weight is 410 g/mol. The highest BCUT2D eigenvalue weighted by molar-refractivity contribution is 7.89. The van der Waals surface area contributed by atoms with Crippen molar-refractivity contribution in [1.82, 2.24) is 4.72 Å². The minimum Gasteiger partial charge on any atom is -0.378 e. The van der Waals surface area contributed by atoms with E-state index in [9.17, 15) is 23.6 Å². The number of nitro benzene ring substituents is 1. The zero-order valence-electron chi connectivity index (χ0n) is 13.2. The maximum atomic E-state index is 12.6. The Morgan fingerprint density at radius 1 is 1.19 bits per heavy atom. The van der Waals surface area contributed by atoms with E-state index in [1.165, 1.54) is 40.9 Å². The number of sulfonamides is 1. The van der Waals surface area contributed by atoms with Gasteiger partial charge in [-0.3, -0.25) is 10.1 Å². The Balaban J connectivity index is 1.90. The molecular formula is C16H14N2O5S3. The molecule has 0 bridgehead atoms. The minimum absolute atomic E-state index is 0.231. The molecule has 136 valence electrons. The summed E-state index contributed by atoms with van der Waals surface area (Å²) in [5.41, 5.74) is -1.27. The summed E-state index contributed by atoms with van der Waals surface area (Å²) in [6.45, 7) is -0.296. The lowest BCUT2D eigenvalue weighted by Gasteiger charge is -2.26. The first-order valence-electron chi connectivity index (χ1n) is 7.36. The molecule has 10 heteroatoms. The summed E-state index contributed by atoms with van der Waals surface area (Å²) in [5.74, 6) is 0. The van der Waals surface area contributed by atoms with Gasteiger partial charge in [0.15, 0.2) is 0 Å². The largest absolute Gasteiger partial charge is 0.378 e. The van der Waals surface area contributed by atoms with E-state index in [-0.39, 0.29) is 17.1 Å². The molecule has 2 N–H and O–H groups in total. The van der Waals surface area contributed by atoms with E-state index in [0.717, 1.165) is 6.07 Å². The number of thiophene rings is 2. The molecule has 7 nitrogen and oxygen atoms in total. The Morgan fingerprint density at radius 2 is 2.00 bits per heavy atom. The molecule has 3 rings (SSSR count). The van der Waals surface area contributed by atoms with Gasteiger partial charge < -0.3 is 5.11 Å². The van der Waals surface area contributed by atoms with Crippen LogP contribution in [-0.2, 0) is 15.6 Å². The second-order valence-electron chi connectivity index (χ2n) is 5.43. The lowest BCUT2D eigenvalue weighted by Crippen LogP contribution is -2.40. The highest BCUT2D eigenvalue weighted by Gasteiger charge is 2.35. The second-order valence-corrected chi connectivity index (χ2v) is 8.92. The van der Waals surface area contributed by atoms with Crippen LogP contribution < -0.4 is 4.72 Å². The summed E-state index contributed by atoms with van der Waals surface area (Å²) in [7, 11) is -4.04. The predicted molar refractivity (Wildman–Crippen MR) is 99.9 cm³/mol.